The van der Waals surface area contributed by atoms with Gasteiger partial charge in [0.05, 0.1) is 12.3 Å². The molecular formula is C15H14N4O5. The zero-order valence-corrected chi connectivity index (χ0v) is 13.1. The van der Waals surface area contributed by atoms with Gasteiger partial charge >= 0.3 is 17.8 Å². The van der Waals surface area contributed by atoms with E-state index in [9.17, 15) is 14.4 Å². The van der Waals surface area contributed by atoms with Crippen LogP contribution >= 0.6 is 0 Å². The highest BCUT2D eigenvalue weighted by atomic mass is 16.5. The number of nitrogens with zero attached hydrogens (tertiary/aromatic N) is 4. The van der Waals surface area contributed by atoms with Crippen molar-refractivity contribution >= 4 is 23.5 Å². The summed E-state index contributed by atoms with van der Waals surface area (Å²) in [6.07, 6.45) is 0. The van der Waals surface area contributed by atoms with E-state index in [4.69, 9.17) is 9.26 Å². The lowest BCUT2D eigenvalue weighted by Gasteiger charge is -2.17. The molecule has 24 heavy (non-hydrogen) atoms. The van der Waals surface area contributed by atoms with Gasteiger partial charge < -0.3 is 9.26 Å². The zero-order chi connectivity index (χ0) is 17.3. The number of aromatic nitrogens is 2. The van der Waals surface area contributed by atoms with Gasteiger partial charge in [0.2, 0.25) is 5.89 Å². The number of urea groups is 1. The summed E-state index contributed by atoms with van der Waals surface area (Å²) in [5, 5.41) is 3.59. The summed E-state index contributed by atoms with van der Waals surface area (Å²) < 4.78 is 10.3. The molecule has 0 spiro atoms. The van der Waals surface area contributed by atoms with Crippen molar-refractivity contribution in [2.24, 2.45) is 0 Å². The molecule has 0 aliphatic carbocycles. The predicted octanol–water partition coefficient (Wildman–Crippen LogP) is 1.27. The highest BCUT2D eigenvalue weighted by molar-refractivity contribution is 6.52. The van der Waals surface area contributed by atoms with Crippen molar-refractivity contribution in [3.05, 3.63) is 36.0 Å². The SMILES string of the molecule is CCOc1ccccc1N1C(=O)C(=O)N(Cc2nc(C)no2)C1=O. The molecule has 124 valence electrons. The van der Waals surface area contributed by atoms with Crippen LogP contribution in [0.3, 0.4) is 0 Å². The van der Waals surface area contributed by atoms with Crippen molar-refractivity contribution in [2.45, 2.75) is 20.4 Å². The highest BCUT2D eigenvalue weighted by Gasteiger charge is 2.46. The number of para-hydroxylation sites is 2. The molecule has 1 fully saturated rings. The summed E-state index contributed by atoms with van der Waals surface area (Å²) in [5.74, 6) is -1.13. The molecule has 9 nitrogen and oxygen atoms in total. The number of hydrogen-bond donors (Lipinski definition) is 0. The van der Waals surface area contributed by atoms with Gasteiger partial charge in [-0.2, -0.15) is 4.98 Å². The smallest absolute Gasteiger partial charge is 0.339 e. The second-order valence-corrected chi connectivity index (χ2v) is 4.95. The molecule has 4 amide bonds. The molecule has 0 unspecified atom stereocenters. The van der Waals surface area contributed by atoms with E-state index in [2.05, 4.69) is 10.1 Å². The van der Waals surface area contributed by atoms with E-state index in [0.29, 0.717) is 18.2 Å². The van der Waals surface area contributed by atoms with E-state index in [1.165, 1.54) is 6.07 Å². The fourth-order valence-corrected chi connectivity index (χ4v) is 2.32. The standard InChI is InChI=1S/C15H14N4O5/c1-3-23-11-7-5-4-6-10(11)19-14(21)13(20)18(15(19)22)8-12-16-9(2)17-24-12/h4-7H,3,8H2,1-2H3. The second-order valence-electron chi connectivity index (χ2n) is 4.95. The normalized spacial score (nSPS) is 14.7. The fraction of sp³-hybridized carbons (Fsp3) is 0.267. The Balaban J connectivity index is 1.92. The average molecular weight is 330 g/mol. The minimum Gasteiger partial charge on any atom is -0.492 e. The van der Waals surface area contributed by atoms with E-state index in [1.807, 2.05) is 0 Å². The molecule has 0 radical (unpaired) electrons. The van der Waals surface area contributed by atoms with Crippen molar-refractivity contribution in [2.75, 3.05) is 11.5 Å². The number of aryl methyl sites for hydroxylation is 1. The van der Waals surface area contributed by atoms with E-state index in [0.717, 1.165) is 9.80 Å². The molecule has 1 aliphatic heterocycles. The lowest BCUT2D eigenvalue weighted by Crippen LogP contribution is -2.33. The van der Waals surface area contributed by atoms with Crippen LogP contribution in [0.15, 0.2) is 28.8 Å². The van der Waals surface area contributed by atoms with Crippen molar-refractivity contribution < 1.29 is 23.6 Å². The molecule has 2 heterocycles. The quantitative estimate of drug-likeness (QED) is 0.600. The maximum atomic E-state index is 12.6. The number of benzene rings is 1. The Morgan fingerprint density at radius 1 is 1.17 bits per heavy atom. The number of anilines is 1. The van der Waals surface area contributed by atoms with Crippen LogP contribution in [0.4, 0.5) is 10.5 Å². The predicted molar refractivity (Wildman–Crippen MR) is 80.1 cm³/mol. The van der Waals surface area contributed by atoms with Gasteiger partial charge in [0, 0.05) is 0 Å². The molecule has 1 saturated heterocycles. The Kier molecular flexibility index (Phi) is 3.98. The Bertz CT molecular complexity index is 816. The molecule has 1 aromatic carbocycles. The number of amides is 4. The van der Waals surface area contributed by atoms with Crippen LogP contribution in [0.25, 0.3) is 0 Å². The van der Waals surface area contributed by atoms with E-state index < -0.39 is 17.8 Å². The van der Waals surface area contributed by atoms with Crippen LogP contribution in [0.5, 0.6) is 5.75 Å². The van der Waals surface area contributed by atoms with E-state index in [-0.39, 0.29) is 18.1 Å². The first kappa shape index (κ1) is 15.7. The number of carbonyl (C=O) groups is 3. The number of rotatable bonds is 5. The molecule has 0 bridgehead atoms. The third kappa shape index (κ3) is 2.60. The Hall–Kier alpha value is -3.23. The number of ether oxygens (including phenoxy) is 1. The van der Waals surface area contributed by atoms with Crippen LogP contribution in [0.2, 0.25) is 0 Å². The number of hydrogen-bond acceptors (Lipinski definition) is 7. The lowest BCUT2D eigenvalue weighted by atomic mass is 10.2. The average Bonchev–Trinajstić information content (AvgIpc) is 3.06. The molecule has 1 aromatic heterocycles. The third-order valence-electron chi connectivity index (χ3n) is 3.32. The highest BCUT2D eigenvalue weighted by Crippen LogP contribution is 2.32. The fourth-order valence-electron chi connectivity index (χ4n) is 2.32. The first-order valence-corrected chi connectivity index (χ1v) is 7.23. The summed E-state index contributed by atoms with van der Waals surface area (Å²) in [7, 11) is 0. The summed E-state index contributed by atoms with van der Waals surface area (Å²) in [6.45, 7) is 3.47. The van der Waals surface area contributed by atoms with Crippen LogP contribution in [-0.4, -0.2) is 39.5 Å². The van der Waals surface area contributed by atoms with E-state index >= 15 is 0 Å². The summed E-state index contributed by atoms with van der Waals surface area (Å²) in [5.41, 5.74) is 0.215. The van der Waals surface area contributed by atoms with Gasteiger partial charge in [0.1, 0.15) is 12.3 Å². The van der Waals surface area contributed by atoms with Crippen LogP contribution in [0.1, 0.15) is 18.6 Å². The lowest BCUT2D eigenvalue weighted by molar-refractivity contribution is -0.139. The second kappa shape index (κ2) is 6.11. The molecule has 2 aromatic rings. The van der Waals surface area contributed by atoms with Crippen LogP contribution in [0, 0.1) is 6.92 Å². The number of imide groups is 2. The minimum absolute atomic E-state index is 0.0712. The van der Waals surface area contributed by atoms with Gasteiger partial charge in [0.15, 0.2) is 5.82 Å². The maximum Gasteiger partial charge on any atom is 0.339 e. The molecule has 1 aliphatic rings. The Labute approximate surface area is 136 Å². The van der Waals surface area contributed by atoms with Crippen molar-refractivity contribution in [3.63, 3.8) is 0 Å². The van der Waals surface area contributed by atoms with Gasteiger partial charge in [-0.05, 0) is 26.0 Å². The van der Waals surface area contributed by atoms with E-state index in [1.54, 1.807) is 32.0 Å². The molecule has 0 atom stereocenters. The first-order chi connectivity index (χ1) is 11.5. The largest absolute Gasteiger partial charge is 0.492 e. The van der Waals surface area contributed by atoms with Gasteiger partial charge in [-0.3, -0.25) is 9.59 Å². The van der Waals surface area contributed by atoms with Gasteiger partial charge in [-0.15, -0.1) is 0 Å². The van der Waals surface area contributed by atoms with Gasteiger partial charge in [-0.25, -0.2) is 14.6 Å². The monoisotopic (exact) mass is 330 g/mol. The maximum absolute atomic E-state index is 12.6. The van der Waals surface area contributed by atoms with Crippen molar-refractivity contribution in [1.82, 2.24) is 15.0 Å². The summed E-state index contributed by atoms with van der Waals surface area (Å²) in [6, 6.07) is 5.73. The number of carbonyl (C=O) groups excluding carboxylic acids is 3. The van der Waals surface area contributed by atoms with Crippen molar-refractivity contribution in [1.29, 1.82) is 0 Å². The van der Waals surface area contributed by atoms with Crippen molar-refractivity contribution in [3.8, 4) is 5.75 Å². The molecule has 0 N–H and O–H groups in total. The molecule has 9 heteroatoms. The summed E-state index contributed by atoms with van der Waals surface area (Å²) >= 11 is 0. The first-order valence-electron chi connectivity index (χ1n) is 7.23. The summed E-state index contributed by atoms with van der Waals surface area (Å²) in [4.78, 5) is 42.5. The molecular weight excluding hydrogens is 316 g/mol. The van der Waals surface area contributed by atoms with Crippen LogP contribution < -0.4 is 9.64 Å². The molecule has 0 saturated carbocycles. The zero-order valence-electron chi connectivity index (χ0n) is 13.1. The minimum atomic E-state index is -0.956. The van der Waals surface area contributed by atoms with Gasteiger partial charge in [-0.1, -0.05) is 17.3 Å². The molecule has 3 rings (SSSR count). The van der Waals surface area contributed by atoms with Crippen LogP contribution in [-0.2, 0) is 16.1 Å². The van der Waals surface area contributed by atoms with Gasteiger partial charge in [0.25, 0.3) is 0 Å². The topological polar surface area (TPSA) is 106 Å². The Morgan fingerprint density at radius 3 is 2.58 bits per heavy atom. The third-order valence-corrected chi connectivity index (χ3v) is 3.32. The Morgan fingerprint density at radius 2 is 1.92 bits per heavy atom.